The van der Waals surface area contributed by atoms with Gasteiger partial charge in [-0.15, -0.1) is 0 Å². The first-order valence-corrected chi connectivity index (χ1v) is 10.5. The molecule has 148 valence electrons. The maximum absolute atomic E-state index is 4.93. The molecule has 0 N–H and O–H groups in total. The van der Waals surface area contributed by atoms with E-state index in [9.17, 15) is 0 Å². The first-order chi connectivity index (χ1) is 14.2. The van der Waals surface area contributed by atoms with Crippen LogP contribution < -0.4 is 14.7 Å². The molecular weight excluding hydrogens is 358 g/mol. The van der Waals surface area contributed by atoms with Gasteiger partial charge in [-0.3, -0.25) is 0 Å². The molecule has 1 aromatic heterocycles. The van der Waals surface area contributed by atoms with Crippen molar-refractivity contribution >= 4 is 23.1 Å². The number of rotatable bonds is 3. The molecule has 0 unspecified atom stereocenters. The van der Waals surface area contributed by atoms with Gasteiger partial charge >= 0.3 is 0 Å². The van der Waals surface area contributed by atoms with Crippen molar-refractivity contribution in [3.05, 3.63) is 71.4 Å². The Morgan fingerprint density at radius 3 is 2.38 bits per heavy atom. The molecule has 5 heteroatoms. The van der Waals surface area contributed by atoms with Crippen LogP contribution in [0.4, 0.5) is 23.1 Å². The number of hydrogen-bond donors (Lipinski definition) is 0. The number of para-hydroxylation sites is 1. The van der Waals surface area contributed by atoms with E-state index in [1.165, 1.54) is 28.1 Å². The van der Waals surface area contributed by atoms with E-state index < -0.39 is 0 Å². The van der Waals surface area contributed by atoms with Gasteiger partial charge in [0.1, 0.15) is 5.82 Å². The molecule has 0 atom stereocenters. The van der Waals surface area contributed by atoms with Crippen LogP contribution in [0.1, 0.15) is 16.7 Å². The normalized spacial score (nSPS) is 16.3. The van der Waals surface area contributed by atoms with Gasteiger partial charge in [-0.1, -0.05) is 30.3 Å². The van der Waals surface area contributed by atoms with Crippen molar-refractivity contribution in [1.82, 2.24) is 9.97 Å². The maximum atomic E-state index is 4.93. The third-order valence-corrected chi connectivity index (χ3v) is 6.27. The number of aryl methyl sites for hydroxylation is 1. The summed E-state index contributed by atoms with van der Waals surface area (Å²) in [7, 11) is 0. The maximum Gasteiger partial charge on any atom is 0.227 e. The van der Waals surface area contributed by atoms with Gasteiger partial charge in [0.25, 0.3) is 0 Å². The monoisotopic (exact) mass is 385 g/mol. The molecule has 3 heterocycles. The highest BCUT2D eigenvalue weighted by Crippen LogP contribution is 2.33. The fraction of sp³-hybridized carbons (Fsp3) is 0.333. The van der Waals surface area contributed by atoms with Crippen molar-refractivity contribution < 1.29 is 0 Å². The molecule has 0 bridgehead atoms. The molecule has 2 aromatic carbocycles. The Kier molecular flexibility index (Phi) is 4.58. The Bertz CT molecular complexity index is 1020. The number of hydrogen-bond acceptors (Lipinski definition) is 5. The van der Waals surface area contributed by atoms with Crippen LogP contribution in [0.15, 0.2) is 54.7 Å². The highest BCUT2D eigenvalue weighted by Gasteiger charge is 2.24. The first-order valence-electron chi connectivity index (χ1n) is 10.5. The molecule has 0 saturated carbocycles. The molecular formula is C24H27N5. The van der Waals surface area contributed by atoms with Crippen LogP contribution in [0, 0.1) is 13.8 Å². The van der Waals surface area contributed by atoms with Crippen molar-refractivity contribution in [2.24, 2.45) is 0 Å². The number of benzene rings is 2. The Morgan fingerprint density at radius 1 is 0.759 bits per heavy atom. The van der Waals surface area contributed by atoms with Crippen LogP contribution in [0.2, 0.25) is 0 Å². The molecule has 0 radical (unpaired) electrons. The Morgan fingerprint density at radius 2 is 1.52 bits per heavy atom. The molecule has 5 nitrogen and oxygen atoms in total. The molecule has 2 aliphatic heterocycles. The van der Waals surface area contributed by atoms with Crippen LogP contribution in [0.3, 0.4) is 0 Å². The molecule has 0 amide bonds. The summed E-state index contributed by atoms with van der Waals surface area (Å²) in [6.07, 6.45) is 2.97. The molecule has 3 aromatic rings. The summed E-state index contributed by atoms with van der Waals surface area (Å²) in [5, 5.41) is 0. The van der Waals surface area contributed by atoms with E-state index in [0.29, 0.717) is 0 Å². The quantitative estimate of drug-likeness (QED) is 0.678. The van der Waals surface area contributed by atoms with E-state index in [2.05, 4.69) is 76.0 Å². The van der Waals surface area contributed by atoms with Crippen molar-refractivity contribution in [2.75, 3.05) is 47.4 Å². The second-order valence-electron chi connectivity index (χ2n) is 7.94. The highest BCUT2D eigenvalue weighted by molar-refractivity contribution is 5.68. The number of anilines is 4. The predicted molar refractivity (Wildman–Crippen MR) is 120 cm³/mol. The lowest BCUT2D eigenvalue weighted by atomic mass is 10.1. The lowest BCUT2D eigenvalue weighted by Crippen LogP contribution is -2.47. The van der Waals surface area contributed by atoms with Gasteiger partial charge in [0.15, 0.2) is 0 Å². The van der Waals surface area contributed by atoms with E-state index in [1.54, 1.807) is 0 Å². The van der Waals surface area contributed by atoms with E-state index >= 15 is 0 Å². The molecule has 0 aliphatic carbocycles. The molecule has 2 aliphatic rings. The second kappa shape index (κ2) is 7.39. The van der Waals surface area contributed by atoms with Gasteiger partial charge in [-0.2, -0.15) is 4.98 Å². The fourth-order valence-corrected chi connectivity index (χ4v) is 4.44. The summed E-state index contributed by atoms with van der Waals surface area (Å²) in [4.78, 5) is 16.6. The van der Waals surface area contributed by atoms with Crippen LogP contribution in [0.25, 0.3) is 0 Å². The summed E-state index contributed by atoms with van der Waals surface area (Å²) in [5.74, 6) is 1.84. The Hall–Kier alpha value is -3.08. The van der Waals surface area contributed by atoms with Crippen molar-refractivity contribution in [3.8, 4) is 0 Å². The lowest BCUT2D eigenvalue weighted by molar-refractivity contribution is 0.638. The second-order valence-corrected chi connectivity index (χ2v) is 7.94. The Labute approximate surface area is 172 Å². The largest absolute Gasteiger partial charge is 0.368 e. The molecule has 0 spiro atoms. The zero-order valence-corrected chi connectivity index (χ0v) is 17.2. The average molecular weight is 386 g/mol. The fourth-order valence-electron chi connectivity index (χ4n) is 4.44. The summed E-state index contributed by atoms with van der Waals surface area (Å²) in [6.45, 7) is 9.24. The smallest absolute Gasteiger partial charge is 0.227 e. The minimum atomic E-state index is 0.840. The summed E-state index contributed by atoms with van der Waals surface area (Å²) in [6, 6.07) is 17.2. The summed E-state index contributed by atoms with van der Waals surface area (Å²) < 4.78 is 0. The van der Waals surface area contributed by atoms with E-state index in [4.69, 9.17) is 4.98 Å². The van der Waals surface area contributed by atoms with E-state index in [-0.39, 0.29) is 0 Å². The average Bonchev–Trinajstić information content (AvgIpc) is 3.20. The number of nitrogens with zero attached hydrogens (tertiary/aromatic N) is 5. The number of fused-ring (bicyclic) bond motifs is 1. The SMILES string of the molecule is Cc1cccc(N2CCN(c3nccc(N4CCc5ccccc54)n3)CC2)c1C. The zero-order valence-electron chi connectivity index (χ0n) is 17.2. The molecule has 29 heavy (non-hydrogen) atoms. The molecule has 1 saturated heterocycles. The van der Waals surface area contributed by atoms with Gasteiger partial charge in [0.2, 0.25) is 5.95 Å². The summed E-state index contributed by atoms with van der Waals surface area (Å²) in [5.41, 5.74) is 6.76. The molecule has 1 fully saturated rings. The molecule has 5 rings (SSSR count). The van der Waals surface area contributed by atoms with E-state index in [1.807, 2.05) is 12.3 Å². The van der Waals surface area contributed by atoms with Gasteiger partial charge in [-0.05, 0) is 55.2 Å². The zero-order chi connectivity index (χ0) is 19.8. The van der Waals surface area contributed by atoms with Crippen LogP contribution in [0.5, 0.6) is 0 Å². The van der Waals surface area contributed by atoms with Crippen LogP contribution in [-0.2, 0) is 6.42 Å². The van der Waals surface area contributed by atoms with Gasteiger partial charge < -0.3 is 14.7 Å². The number of aromatic nitrogens is 2. The number of piperazine rings is 1. The first kappa shape index (κ1) is 18.0. The van der Waals surface area contributed by atoms with Gasteiger partial charge in [0, 0.05) is 50.3 Å². The standard InChI is InChI=1S/C24H27N5/c1-18-6-5-9-21(19(18)2)27-14-16-28(17-15-27)24-25-12-10-23(26-24)29-13-11-20-7-3-4-8-22(20)29/h3-10,12H,11,13-17H2,1-2H3. The van der Waals surface area contributed by atoms with Gasteiger partial charge in [0.05, 0.1) is 0 Å². The Balaban J connectivity index is 1.32. The summed E-state index contributed by atoms with van der Waals surface area (Å²) >= 11 is 0. The predicted octanol–water partition coefficient (Wildman–Crippen LogP) is 4.11. The van der Waals surface area contributed by atoms with Crippen molar-refractivity contribution in [3.63, 3.8) is 0 Å². The minimum absolute atomic E-state index is 0.840. The van der Waals surface area contributed by atoms with E-state index in [0.717, 1.165) is 50.9 Å². The van der Waals surface area contributed by atoms with Gasteiger partial charge in [-0.25, -0.2) is 4.98 Å². The third-order valence-electron chi connectivity index (χ3n) is 6.27. The van der Waals surface area contributed by atoms with Crippen LogP contribution >= 0.6 is 0 Å². The third kappa shape index (κ3) is 3.31. The lowest BCUT2D eigenvalue weighted by Gasteiger charge is -2.37. The topological polar surface area (TPSA) is 35.5 Å². The van der Waals surface area contributed by atoms with Crippen molar-refractivity contribution in [2.45, 2.75) is 20.3 Å². The minimum Gasteiger partial charge on any atom is -0.368 e. The highest BCUT2D eigenvalue weighted by atomic mass is 15.3. The van der Waals surface area contributed by atoms with Crippen molar-refractivity contribution in [1.29, 1.82) is 0 Å². The van der Waals surface area contributed by atoms with Crippen LogP contribution in [-0.4, -0.2) is 42.7 Å².